The molecule has 2 aromatic rings. The van der Waals surface area contributed by atoms with Crippen LogP contribution in [0.1, 0.15) is 50.9 Å². The van der Waals surface area contributed by atoms with Gasteiger partial charge in [0.25, 0.3) is 0 Å². The molecular weight excluding hydrogens is 392 g/mol. The van der Waals surface area contributed by atoms with Gasteiger partial charge in [-0.05, 0) is 36.5 Å². The van der Waals surface area contributed by atoms with Crippen molar-refractivity contribution in [1.82, 2.24) is 25.4 Å². The lowest BCUT2D eigenvalue weighted by Gasteiger charge is -2.31. The van der Waals surface area contributed by atoms with Crippen LogP contribution in [-0.4, -0.2) is 47.5 Å². The van der Waals surface area contributed by atoms with Crippen molar-refractivity contribution in [1.29, 1.82) is 0 Å². The summed E-state index contributed by atoms with van der Waals surface area (Å²) >= 11 is 0. The maximum Gasteiger partial charge on any atom is 0.191 e. The molecule has 2 atom stereocenters. The molecule has 3 rings (SSSR count). The number of hydrogen-bond acceptors (Lipinski definition) is 5. The molecule has 0 spiro atoms. The van der Waals surface area contributed by atoms with E-state index >= 15 is 0 Å². The normalized spacial score (nSPS) is 19.2. The quantitative estimate of drug-likeness (QED) is 0.471. The van der Waals surface area contributed by atoms with Gasteiger partial charge in [-0.15, -0.1) is 10.2 Å². The Morgan fingerprint density at radius 2 is 2.00 bits per heavy atom. The molecule has 8 heteroatoms. The predicted molar refractivity (Wildman–Crippen MR) is 123 cm³/mol. The van der Waals surface area contributed by atoms with Crippen molar-refractivity contribution in [2.24, 2.45) is 10.9 Å². The molecule has 1 aliphatic rings. The lowest BCUT2D eigenvalue weighted by Crippen LogP contribution is -2.47. The zero-order valence-corrected chi connectivity index (χ0v) is 19.2. The fraction of sp³-hybridized carbons (Fsp3) is 0.609. The molecule has 0 amide bonds. The highest BCUT2D eigenvalue weighted by molar-refractivity contribution is 5.80. The third-order valence-electron chi connectivity index (χ3n) is 5.96. The van der Waals surface area contributed by atoms with Crippen LogP contribution in [0, 0.1) is 5.92 Å². The van der Waals surface area contributed by atoms with E-state index in [1.165, 1.54) is 25.7 Å². The molecule has 2 N–H and O–H groups in total. The topological polar surface area (TPSA) is 85.6 Å². The molecule has 31 heavy (non-hydrogen) atoms. The number of nitrogens with zero attached hydrogens (tertiary/aromatic N) is 4. The first kappa shape index (κ1) is 22.9. The number of rotatable bonds is 9. The summed E-state index contributed by atoms with van der Waals surface area (Å²) in [6.07, 6.45) is 7.70. The van der Waals surface area contributed by atoms with E-state index in [9.17, 15) is 0 Å². The highest BCUT2D eigenvalue weighted by atomic mass is 16.5. The van der Waals surface area contributed by atoms with Gasteiger partial charge >= 0.3 is 0 Å². The van der Waals surface area contributed by atoms with Crippen LogP contribution in [0.5, 0.6) is 11.5 Å². The van der Waals surface area contributed by atoms with Gasteiger partial charge in [-0.25, -0.2) is 4.99 Å². The molecule has 1 saturated carbocycles. The maximum atomic E-state index is 5.43. The minimum Gasteiger partial charge on any atom is -0.493 e. The maximum absolute atomic E-state index is 5.43. The number of aryl methyl sites for hydroxylation is 1. The van der Waals surface area contributed by atoms with E-state index in [0.717, 1.165) is 48.4 Å². The summed E-state index contributed by atoms with van der Waals surface area (Å²) in [5.41, 5.74) is 1.07. The lowest BCUT2D eigenvalue weighted by molar-refractivity contribution is 0.306. The molecule has 1 heterocycles. The van der Waals surface area contributed by atoms with Crippen LogP contribution in [0.25, 0.3) is 0 Å². The van der Waals surface area contributed by atoms with Crippen LogP contribution < -0.4 is 20.1 Å². The smallest absolute Gasteiger partial charge is 0.191 e. The molecule has 0 aliphatic heterocycles. The van der Waals surface area contributed by atoms with Gasteiger partial charge in [-0.2, -0.15) is 0 Å². The molecule has 0 bridgehead atoms. The van der Waals surface area contributed by atoms with Gasteiger partial charge in [0.2, 0.25) is 0 Å². The third kappa shape index (κ3) is 6.35. The number of aliphatic imine (C=N–C) groups is 1. The Hall–Kier alpha value is -2.77. The summed E-state index contributed by atoms with van der Waals surface area (Å²) < 4.78 is 12.9. The number of aromatic nitrogens is 3. The van der Waals surface area contributed by atoms with Gasteiger partial charge in [-0.1, -0.05) is 32.8 Å². The van der Waals surface area contributed by atoms with Crippen molar-refractivity contribution in [2.45, 2.75) is 65.1 Å². The number of nitrogens with one attached hydrogen (secondary N) is 2. The number of hydrogen-bond donors (Lipinski definition) is 2. The van der Waals surface area contributed by atoms with E-state index in [0.29, 0.717) is 18.5 Å². The summed E-state index contributed by atoms with van der Waals surface area (Å²) in [6, 6.07) is 6.38. The lowest BCUT2D eigenvalue weighted by atomic mass is 9.86. The third-order valence-corrected chi connectivity index (χ3v) is 5.96. The molecule has 170 valence electrons. The van der Waals surface area contributed by atoms with Crippen molar-refractivity contribution in [3.8, 4) is 11.5 Å². The second kappa shape index (κ2) is 11.6. The Kier molecular flexibility index (Phi) is 8.55. The summed E-state index contributed by atoms with van der Waals surface area (Å²) in [4.78, 5) is 4.87. The molecule has 8 nitrogen and oxygen atoms in total. The second-order valence-electron chi connectivity index (χ2n) is 8.09. The molecule has 1 aromatic carbocycles. The summed E-state index contributed by atoms with van der Waals surface area (Å²) in [5, 5.41) is 15.4. The predicted octanol–water partition coefficient (Wildman–Crippen LogP) is 3.17. The molecule has 1 fully saturated rings. The zero-order valence-electron chi connectivity index (χ0n) is 19.2. The van der Waals surface area contributed by atoms with Gasteiger partial charge in [-0.3, -0.25) is 0 Å². The van der Waals surface area contributed by atoms with Crippen molar-refractivity contribution < 1.29 is 9.47 Å². The van der Waals surface area contributed by atoms with Crippen molar-refractivity contribution in [2.75, 3.05) is 20.8 Å². The molecule has 1 aromatic heterocycles. The van der Waals surface area contributed by atoms with Gasteiger partial charge < -0.3 is 24.7 Å². The highest BCUT2D eigenvalue weighted by Gasteiger charge is 2.22. The van der Waals surface area contributed by atoms with Crippen molar-refractivity contribution in [3.63, 3.8) is 0 Å². The van der Waals surface area contributed by atoms with Crippen LogP contribution in [0.4, 0.5) is 0 Å². The van der Waals surface area contributed by atoms with Crippen LogP contribution in [0.2, 0.25) is 0 Å². The first-order chi connectivity index (χ1) is 15.1. The molecule has 2 unspecified atom stereocenters. The fourth-order valence-electron chi connectivity index (χ4n) is 4.04. The molecular formula is C23H36N6O2. The van der Waals surface area contributed by atoms with Crippen molar-refractivity contribution in [3.05, 3.63) is 35.9 Å². The van der Waals surface area contributed by atoms with Crippen LogP contribution in [-0.2, 0) is 19.5 Å². The van der Waals surface area contributed by atoms with Gasteiger partial charge in [0.15, 0.2) is 17.5 Å². The first-order valence-corrected chi connectivity index (χ1v) is 11.3. The fourth-order valence-corrected chi connectivity index (χ4v) is 4.04. The van der Waals surface area contributed by atoms with Crippen LogP contribution >= 0.6 is 0 Å². The number of guanidine groups is 1. The minimum absolute atomic E-state index is 0.450. The summed E-state index contributed by atoms with van der Waals surface area (Å²) in [5.74, 6) is 3.94. The first-order valence-electron chi connectivity index (χ1n) is 11.3. The second-order valence-corrected chi connectivity index (χ2v) is 8.09. The van der Waals surface area contributed by atoms with E-state index in [2.05, 4.69) is 39.2 Å². The Morgan fingerprint density at radius 1 is 1.19 bits per heavy atom. The number of methoxy groups -OCH3 is 2. The summed E-state index contributed by atoms with van der Waals surface area (Å²) in [6.45, 7) is 6.53. The Morgan fingerprint density at radius 3 is 2.74 bits per heavy atom. The van der Waals surface area contributed by atoms with E-state index in [-0.39, 0.29) is 0 Å². The van der Waals surface area contributed by atoms with Gasteiger partial charge in [0.1, 0.15) is 12.2 Å². The summed E-state index contributed by atoms with van der Waals surface area (Å²) in [7, 11) is 3.30. The van der Waals surface area contributed by atoms with Gasteiger partial charge in [0.05, 0.1) is 20.8 Å². The average Bonchev–Trinajstić information content (AvgIpc) is 3.26. The molecule has 0 saturated heterocycles. The standard InChI is InChI=1S/C23H36N6O2/c1-5-22-28-26-16-29(22)13-12-24-23(27-19-9-7-6-8-17(19)2)25-15-18-10-11-20(30-3)21(14-18)31-4/h10-11,14,16-17,19H,5-9,12-13,15H2,1-4H3,(H2,24,25,27). The van der Waals surface area contributed by atoms with E-state index in [4.69, 9.17) is 14.5 Å². The van der Waals surface area contributed by atoms with Crippen LogP contribution in [0.15, 0.2) is 29.5 Å². The Bertz CT molecular complexity index is 850. The van der Waals surface area contributed by atoms with E-state index < -0.39 is 0 Å². The van der Waals surface area contributed by atoms with Crippen molar-refractivity contribution >= 4 is 5.96 Å². The Balaban J connectivity index is 1.68. The Labute approximate surface area is 185 Å². The van der Waals surface area contributed by atoms with Gasteiger partial charge in [0, 0.05) is 25.6 Å². The number of ether oxygens (including phenoxy) is 2. The van der Waals surface area contributed by atoms with Crippen LogP contribution in [0.3, 0.4) is 0 Å². The number of benzene rings is 1. The van der Waals surface area contributed by atoms with E-state index in [1.807, 2.05) is 18.2 Å². The zero-order chi connectivity index (χ0) is 22.1. The minimum atomic E-state index is 0.450. The highest BCUT2D eigenvalue weighted by Crippen LogP contribution is 2.28. The monoisotopic (exact) mass is 428 g/mol. The molecule has 1 aliphatic carbocycles. The SMILES string of the molecule is CCc1nncn1CCNC(=NCc1ccc(OC)c(OC)c1)NC1CCCCC1C. The largest absolute Gasteiger partial charge is 0.493 e. The van der Waals surface area contributed by atoms with E-state index in [1.54, 1.807) is 20.5 Å². The average molecular weight is 429 g/mol. The molecule has 0 radical (unpaired) electrons.